The number of hydrogen-bond donors (Lipinski definition) is 1. The van der Waals surface area contributed by atoms with E-state index in [2.05, 4.69) is 12.1 Å². The van der Waals surface area contributed by atoms with E-state index in [1.807, 2.05) is 30.5 Å². The first kappa shape index (κ1) is 11.7. The van der Waals surface area contributed by atoms with Crippen LogP contribution in [0.2, 0.25) is 5.02 Å². The van der Waals surface area contributed by atoms with Gasteiger partial charge in [-0.1, -0.05) is 23.7 Å². The largest absolute Gasteiger partial charge is 0.507 e. The van der Waals surface area contributed by atoms with Crippen LogP contribution in [0.1, 0.15) is 0 Å². The number of fused-ring (bicyclic) bond motifs is 3. The van der Waals surface area contributed by atoms with E-state index in [0.717, 1.165) is 26.4 Å². The molecule has 3 rings (SSSR count). The molecule has 0 aromatic heterocycles. The summed E-state index contributed by atoms with van der Waals surface area (Å²) in [6.45, 7) is 0. The van der Waals surface area contributed by atoms with Crippen LogP contribution in [0.3, 0.4) is 0 Å². The molecule has 0 aliphatic rings. The van der Waals surface area contributed by atoms with Crippen molar-refractivity contribution in [3.63, 3.8) is 0 Å². The van der Waals surface area contributed by atoms with E-state index in [9.17, 15) is 5.11 Å². The van der Waals surface area contributed by atoms with Crippen molar-refractivity contribution in [1.82, 2.24) is 0 Å². The Bertz CT molecular complexity index is 752. The Morgan fingerprint density at radius 2 is 1.72 bits per heavy atom. The van der Waals surface area contributed by atoms with Crippen molar-refractivity contribution in [2.24, 2.45) is 0 Å². The number of phenols is 1. The molecular formula is C15H11ClOS. The molecule has 0 amide bonds. The van der Waals surface area contributed by atoms with Crippen molar-refractivity contribution in [3.05, 3.63) is 47.5 Å². The zero-order chi connectivity index (χ0) is 12.7. The standard InChI is InChI=1S/C15H11ClOS/c1-18-11-3-5-13-12-4-2-10(16)6-9(12)7-15(17)14(13)8-11/h2-8,17H,1H3. The lowest BCUT2D eigenvalue weighted by molar-refractivity contribution is 0.482. The fraction of sp³-hybridized carbons (Fsp3) is 0.0667. The molecule has 0 radical (unpaired) electrons. The van der Waals surface area contributed by atoms with Crippen LogP contribution in [0.5, 0.6) is 5.75 Å². The molecule has 18 heavy (non-hydrogen) atoms. The van der Waals surface area contributed by atoms with Crippen molar-refractivity contribution in [1.29, 1.82) is 0 Å². The van der Waals surface area contributed by atoms with Crippen LogP contribution in [-0.2, 0) is 0 Å². The van der Waals surface area contributed by atoms with E-state index in [4.69, 9.17) is 11.6 Å². The van der Waals surface area contributed by atoms with Gasteiger partial charge in [-0.15, -0.1) is 11.8 Å². The van der Waals surface area contributed by atoms with Crippen LogP contribution in [0.4, 0.5) is 0 Å². The quantitative estimate of drug-likeness (QED) is 0.494. The number of thioether (sulfide) groups is 1. The number of aromatic hydroxyl groups is 1. The first-order chi connectivity index (χ1) is 8.69. The van der Waals surface area contributed by atoms with Gasteiger partial charge in [0.25, 0.3) is 0 Å². The number of benzene rings is 3. The number of halogens is 1. The van der Waals surface area contributed by atoms with Gasteiger partial charge in [-0.2, -0.15) is 0 Å². The Morgan fingerprint density at radius 3 is 2.50 bits per heavy atom. The maximum Gasteiger partial charge on any atom is 0.124 e. The summed E-state index contributed by atoms with van der Waals surface area (Å²) in [5.74, 6) is 0.302. The van der Waals surface area contributed by atoms with Crippen LogP contribution in [0.15, 0.2) is 47.4 Å². The highest BCUT2D eigenvalue weighted by Gasteiger charge is 2.07. The second kappa shape index (κ2) is 4.38. The van der Waals surface area contributed by atoms with Crippen LogP contribution in [0, 0.1) is 0 Å². The first-order valence-corrected chi connectivity index (χ1v) is 7.18. The van der Waals surface area contributed by atoms with E-state index in [-0.39, 0.29) is 0 Å². The molecule has 0 atom stereocenters. The molecule has 1 nitrogen and oxygen atoms in total. The third-order valence-electron chi connectivity index (χ3n) is 3.10. The smallest absolute Gasteiger partial charge is 0.124 e. The molecule has 0 saturated heterocycles. The average Bonchev–Trinajstić information content (AvgIpc) is 2.38. The third-order valence-corrected chi connectivity index (χ3v) is 4.06. The van der Waals surface area contributed by atoms with Gasteiger partial charge >= 0.3 is 0 Å². The Hall–Kier alpha value is -1.38. The highest BCUT2D eigenvalue weighted by atomic mass is 35.5. The predicted octanol–water partition coefficient (Wildman–Crippen LogP) is 5.07. The molecular weight excluding hydrogens is 264 g/mol. The summed E-state index contributed by atoms with van der Waals surface area (Å²) >= 11 is 7.65. The summed E-state index contributed by atoms with van der Waals surface area (Å²) in [5, 5.41) is 14.8. The maximum atomic E-state index is 10.1. The van der Waals surface area contributed by atoms with Crippen molar-refractivity contribution in [2.45, 2.75) is 4.90 Å². The second-order valence-corrected chi connectivity index (χ2v) is 5.49. The summed E-state index contributed by atoms with van der Waals surface area (Å²) in [5.41, 5.74) is 0. The molecule has 0 saturated carbocycles. The summed E-state index contributed by atoms with van der Waals surface area (Å²) in [6, 6.07) is 13.7. The Kier molecular flexibility index (Phi) is 2.84. The number of hydrogen-bond acceptors (Lipinski definition) is 2. The van der Waals surface area contributed by atoms with E-state index in [0.29, 0.717) is 10.8 Å². The van der Waals surface area contributed by atoms with Crippen molar-refractivity contribution in [3.8, 4) is 5.75 Å². The fourth-order valence-corrected chi connectivity index (χ4v) is 2.84. The van der Waals surface area contributed by atoms with Crippen LogP contribution >= 0.6 is 23.4 Å². The van der Waals surface area contributed by atoms with E-state index in [1.54, 1.807) is 17.8 Å². The predicted molar refractivity (Wildman–Crippen MR) is 79.9 cm³/mol. The summed E-state index contributed by atoms with van der Waals surface area (Å²) in [4.78, 5) is 1.14. The summed E-state index contributed by atoms with van der Waals surface area (Å²) in [7, 11) is 0. The maximum absolute atomic E-state index is 10.1. The van der Waals surface area contributed by atoms with Gasteiger partial charge in [-0.3, -0.25) is 0 Å². The minimum absolute atomic E-state index is 0.302. The van der Waals surface area contributed by atoms with Crippen molar-refractivity contribution >= 4 is 44.9 Å². The molecule has 3 heteroatoms. The molecule has 0 fully saturated rings. The van der Waals surface area contributed by atoms with Gasteiger partial charge in [0.05, 0.1) is 0 Å². The van der Waals surface area contributed by atoms with Crippen molar-refractivity contribution < 1.29 is 5.11 Å². The number of rotatable bonds is 1. The Balaban J connectivity index is 2.46. The molecule has 3 aromatic rings. The van der Waals surface area contributed by atoms with Crippen LogP contribution in [0.25, 0.3) is 21.5 Å². The second-order valence-electron chi connectivity index (χ2n) is 4.17. The summed E-state index contributed by atoms with van der Waals surface area (Å²) in [6.07, 6.45) is 2.03. The fourth-order valence-electron chi connectivity index (χ4n) is 2.22. The average molecular weight is 275 g/mol. The molecule has 0 aliphatic carbocycles. The lowest BCUT2D eigenvalue weighted by Gasteiger charge is -2.08. The van der Waals surface area contributed by atoms with Crippen molar-refractivity contribution in [2.75, 3.05) is 6.26 Å². The molecule has 0 heterocycles. The SMILES string of the molecule is CSc1ccc2c(c1)c(O)cc1cc(Cl)ccc12. The topological polar surface area (TPSA) is 20.2 Å². The lowest BCUT2D eigenvalue weighted by Crippen LogP contribution is -1.80. The molecule has 0 unspecified atom stereocenters. The summed E-state index contributed by atoms with van der Waals surface area (Å²) < 4.78 is 0. The molecule has 0 bridgehead atoms. The molecule has 90 valence electrons. The van der Waals surface area contributed by atoms with E-state index >= 15 is 0 Å². The van der Waals surface area contributed by atoms with Gasteiger partial charge in [0.1, 0.15) is 5.75 Å². The minimum atomic E-state index is 0.302. The molecule has 0 spiro atoms. The third kappa shape index (κ3) is 1.82. The van der Waals surface area contributed by atoms with Crippen LogP contribution in [-0.4, -0.2) is 11.4 Å². The zero-order valence-electron chi connectivity index (χ0n) is 9.77. The van der Waals surface area contributed by atoms with Gasteiger partial charge in [0.2, 0.25) is 0 Å². The van der Waals surface area contributed by atoms with Gasteiger partial charge in [-0.25, -0.2) is 0 Å². The molecule has 3 aromatic carbocycles. The van der Waals surface area contributed by atoms with E-state index < -0.39 is 0 Å². The Labute approximate surface area is 114 Å². The highest BCUT2D eigenvalue weighted by molar-refractivity contribution is 7.98. The Morgan fingerprint density at radius 1 is 0.944 bits per heavy atom. The zero-order valence-corrected chi connectivity index (χ0v) is 11.3. The van der Waals surface area contributed by atoms with E-state index in [1.165, 1.54) is 0 Å². The monoisotopic (exact) mass is 274 g/mol. The van der Waals surface area contributed by atoms with Gasteiger partial charge in [0, 0.05) is 15.3 Å². The molecule has 1 N–H and O–H groups in total. The highest BCUT2D eigenvalue weighted by Crippen LogP contribution is 2.35. The lowest BCUT2D eigenvalue weighted by atomic mass is 10.0. The minimum Gasteiger partial charge on any atom is -0.507 e. The van der Waals surface area contributed by atoms with Gasteiger partial charge in [-0.05, 0) is 52.7 Å². The molecule has 0 aliphatic heterocycles. The first-order valence-electron chi connectivity index (χ1n) is 5.58. The number of phenolic OH excluding ortho intramolecular Hbond substituents is 1. The van der Waals surface area contributed by atoms with Crippen LogP contribution < -0.4 is 0 Å². The normalized spacial score (nSPS) is 11.2. The van der Waals surface area contributed by atoms with Gasteiger partial charge in [0.15, 0.2) is 0 Å². The van der Waals surface area contributed by atoms with Gasteiger partial charge < -0.3 is 5.11 Å².